The van der Waals surface area contributed by atoms with Crippen LogP contribution < -0.4 is 9.64 Å². The molecule has 1 saturated heterocycles. The van der Waals surface area contributed by atoms with Gasteiger partial charge >= 0.3 is 0 Å². The third kappa shape index (κ3) is 3.78. The highest BCUT2D eigenvalue weighted by molar-refractivity contribution is 7.22. The molecule has 1 aromatic carbocycles. The number of anilines is 1. The van der Waals surface area contributed by atoms with Crippen molar-refractivity contribution in [3.63, 3.8) is 0 Å². The molecule has 0 spiro atoms. The van der Waals surface area contributed by atoms with Crippen LogP contribution in [0.4, 0.5) is 5.13 Å². The molecule has 27 heavy (non-hydrogen) atoms. The number of hydrogen-bond acceptors (Lipinski definition) is 7. The number of aromatic nitrogens is 3. The molecule has 2 aromatic heterocycles. The Balaban J connectivity index is 1.51. The standard InChI is InChI=1S/C20H22N4O2S/c1-2-26-19-17-18(21-13-22-19)23-20(27-17)24-12-6-9-15(24)16(25)11-10-14-7-4-3-5-8-14/h3-5,7-8,13,15H,2,6,9-12H2,1H3/t15-/m1/s1. The number of ether oxygens (including phenoxy) is 1. The molecule has 1 atom stereocenters. The number of rotatable bonds is 7. The molecule has 1 fully saturated rings. The van der Waals surface area contributed by atoms with E-state index in [1.807, 2.05) is 25.1 Å². The summed E-state index contributed by atoms with van der Waals surface area (Å²) in [5.41, 5.74) is 1.84. The zero-order valence-corrected chi connectivity index (χ0v) is 16.1. The van der Waals surface area contributed by atoms with Crippen LogP contribution in [0, 0.1) is 0 Å². The molecular formula is C20H22N4O2S. The molecule has 6 nitrogen and oxygen atoms in total. The predicted octanol–water partition coefficient (Wildman–Crippen LogP) is 3.66. The third-order valence-corrected chi connectivity index (χ3v) is 5.87. The quantitative estimate of drug-likeness (QED) is 0.621. The van der Waals surface area contributed by atoms with Gasteiger partial charge in [-0.2, -0.15) is 4.98 Å². The van der Waals surface area contributed by atoms with Crippen molar-refractivity contribution >= 4 is 32.6 Å². The van der Waals surface area contributed by atoms with E-state index in [4.69, 9.17) is 4.74 Å². The van der Waals surface area contributed by atoms with E-state index in [-0.39, 0.29) is 11.8 Å². The van der Waals surface area contributed by atoms with Crippen molar-refractivity contribution in [2.45, 2.75) is 38.6 Å². The summed E-state index contributed by atoms with van der Waals surface area (Å²) >= 11 is 1.51. The number of aryl methyl sites for hydroxylation is 1. The molecule has 0 saturated carbocycles. The Labute approximate surface area is 162 Å². The van der Waals surface area contributed by atoms with Gasteiger partial charge in [-0.15, -0.1) is 0 Å². The summed E-state index contributed by atoms with van der Waals surface area (Å²) in [5.74, 6) is 0.851. The van der Waals surface area contributed by atoms with Crippen LogP contribution in [0.2, 0.25) is 0 Å². The lowest BCUT2D eigenvalue weighted by Gasteiger charge is -2.22. The molecule has 1 aliphatic rings. The number of fused-ring (bicyclic) bond motifs is 1. The second kappa shape index (κ2) is 8.00. The third-order valence-electron chi connectivity index (χ3n) is 4.80. The van der Waals surface area contributed by atoms with Crippen LogP contribution in [0.1, 0.15) is 31.7 Å². The number of Topliss-reactive ketones (excluding diaryl/α,β-unsaturated/α-hetero) is 1. The molecule has 0 N–H and O–H groups in total. The van der Waals surface area contributed by atoms with Crippen LogP contribution in [0.15, 0.2) is 36.7 Å². The number of carbonyl (C=O) groups is 1. The van der Waals surface area contributed by atoms with Crippen LogP contribution in [0.3, 0.4) is 0 Å². The molecule has 0 amide bonds. The van der Waals surface area contributed by atoms with E-state index in [2.05, 4.69) is 32.0 Å². The topological polar surface area (TPSA) is 68.2 Å². The van der Waals surface area contributed by atoms with Crippen molar-refractivity contribution in [1.29, 1.82) is 0 Å². The highest BCUT2D eigenvalue weighted by atomic mass is 32.1. The lowest BCUT2D eigenvalue weighted by Crippen LogP contribution is -2.36. The Kier molecular flexibility index (Phi) is 5.29. The molecule has 3 heterocycles. The maximum absolute atomic E-state index is 12.9. The van der Waals surface area contributed by atoms with E-state index in [0.717, 1.165) is 35.6 Å². The number of thiazole rings is 1. The van der Waals surface area contributed by atoms with Crippen molar-refractivity contribution in [3.8, 4) is 5.88 Å². The normalized spacial score (nSPS) is 16.8. The van der Waals surface area contributed by atoms with E-state index in [0.29, 0.717) is 24.6 Å². The van der Waals surface area contributed by atoms with E-state index in [9.17, 15) is 4.79 Å². The van der Waals surface area contributed by atoms with Crippen molar-refractivity contribution in [1.82, 2.24) is 15.0 Å². The van der Waals surface area contributed by atoms with Crippen molar-refractivity contribution < 1.29 is 9.53 Å². The molecule has 140 valence electrons. The fourth-order valence-electron chi connectivity index (χ4n) is 3.49. The molecule has 0 aliphatic carbocycles. The summed E-state index contributed by atoms with van der Waals surface area (Å²) in [6, 6.07) is 10.1. The average Bonchev–Trinajstić information content (AvgIpc) is 3.34. The van der Waals surface area contributed by atoms with E-state index < -0.39 is 0 Å². The van der Waals surface area contributed by atoms with Gasteiger partial charge in [-0.1, -0.05) is 41.7 Å². The highest BCUT2D eigenvalue weighted by Gasteiger charge is 2.32. The Hall–Kier alpha value is -2.54. The SMILES string of the molecule is CCOc1ncnc2nc(N3CCC[C@@H]3C(=O)CCc3ccccc3)sc12. The maximum Gasteiger partial charge on any atom is 0.236 e. The minimum Gasteiger partial charge on any atom is -0.477 e. The van der Waals surface area contributed by atoms with Crippen LogP contribution in [-0.4, -0.2) is 39.9 Å². The first kappa shape index (κ1) is 17.9. The minimum atomic E-state index is -0.0993. The monoisotopic (exact) mass is 382 g/mol. The summed E-state index contributed by atoms with van der Waals surface area (Å²) in [6.07, 6.45) is 4.70. The average molecular weight is 382 g/mol. The van der Waals surface area contributed by atoms with Gasteiger partial charge in [0.25, 0.3) is 0 Å². The number of ketones is 1. The van der Waals surface area contributed by atoms with E-state index >= 15 is 0 Å². The molecule has 1 aliphatic heterocycles. The summed E-state index contributed by atoms with van der Waals surface area (Å²) < 4.78 is 6.44. The lowest BCUT2D eigenvalue weighted by atomic mass is 10.0. The summed E-state index contributed by atoms with van der Waals surface area (Å²) in [4.78, 5) is 28.1. The second-order valence-corrected chi connectivity index (χ2v) is 7.54. The fourth-order valence-corrected chi connectivity index (χ4v) is 4.53. The lowest BCUT2D eigenvalue weighted by molar-refractivity contribution is -0.120. The number of benzene rings is 1. The largest absolute Gasteiger partial charge is 0.477 e. The molecule has 0 bridgehead atoms. The Bertz CT molecular complexity index is 928. The van der Waals surface area contributed by atoms with E-state index in [1.165, 1.54) is 23.2 Å². The van der Waals surface area contributed by atoms with Gasteiger partial charge in [0.1, 0.15) is 11.0 Å². The molecule has 0 radical (unpaired) electrons. The van der Waals surface area contributed by atoms with Gasteiger partial charge in [-0.05, 0) is 31.7 Å². The van der Waals surface area contributed by atoms with Crippen molar-refractivity contribution in [2.24, 2.45) is 0 Å². The van der Waals surface area contributed by atoms with Gasteiger partial charge in [0.05, 0.1) is 12.6 Å². The number of hydrogen-bond donors (Lipinski definition) is 0. The van der Waals surface area contributed by atoms with Crippen LogP contribution in [0.5, 0.6) is 5.88 Å². The summed E-state index contributed by atoms with van der Waals surface area (Å²) in [5, 5.41) is 0.835. The first-order valence-electron chi connectivity index (χ1n) is 9.34. The maximum atomic E-state index is 12.9. The second-order valence-electron chi connectivity index (χ2n) is 6.56. The van der Waals surface area contributed by atoms with E-state index in [1.54, 1.807) is 0 Å². The number of nitrogens with zero attached hydrogens (tertiary/aromatic N) is 4. The van der Waals surface area contributed by atoms with Gasteiger partial charge in [0, 0.05) is 13.0 Å². The van der Waals surface area contributed by atoms with Crippen LogP contribution in [0.25, 0.3) is 10.3 Å². The first-order valence-corrected chi connectivity index (χ1v) is 10.2. The minimum absolute atomic E-state index is 0.0993. The Morgan fingerprint density at radius 1 is 1.30 bits per heavy atom. The Morgan fingerprint density at radius 3 is 2.96 bits per heavy atom. The summed E-state index contributed by atoms with van der Waals surface area (Å²) in [7, 11) is 0. The molecule has 3 aromatic rings. The smallest absolute Gasteiger partial charge is 0.236 e. The predicted molar refractivity (Wildman–Crippen MR) is 107 cm³/mol. The van der Waals surface area contributed by atoms with Crippen molar-refractivity contribution in [3.05, 3.63) is 42.2 Å². The molecular weight excluding hydrogens is 360 g/mol. The molecule has 7 heteroatoms. The van der Waals surface area contributed by atoms with Crippen LogP contribution >= 0.6 is 11.3 Å². The molecule has 0 unspecified atom stereocenters. The molecule has 4 rings (SSSR count). The zero-order valence-electron chi connectivity index (χ0n) is 15.3. The van der Waals surface area contributed by atoms with Crippen LogP contribution in [-0.2, 0) is 11.2 Å². The van der Waals surface area contributed by atoms with Gasteiger partial charge in [-0.25, -0.2) is 9.97 Å². The van der Waals surface area contributed by atoms with Crippen molar-refractivity contribution in [2.75, 3.05) is 18.1 Å². The van der Waals surface area contributed by atoms with Gasteiger partial charge in [-0.3, -0.25) is 4.79 Å². The van der Waals surface area contributed by atoms with Gasteiger partial charge < -0.3 is 9.64 Å². The Morgan fingerprint density at radius 2 is 2.15 bits per heavy atom. The zero-order chi connectivity index (χ0) is 18.6. The highest BCUT2D eigenvalue weighted by Crippen LogP contribution is 2.36. The number of carbonyl (C=O) groups excluding carboxylic acids is 1. The fraction of sp³-hybridized carbons (Fsp3) is 0.400. The summed E-state index contributed by atoms with van der Waals surface area (Å²) in [6.45, 7) is 3.32. The van der Waals surface area contributed by atoms with Gasteiger partial charge in [0.15, 0.2) is 16.6 Å². The first-order chi connectivity index (χ1) is 13.3. The van der Waals surface area contributed by atoms with Gasteiger partial charge in [0.2, 0.25) is 5.88 Å².